The zero-order chi connectivity index (χ0) is 20.5. The summed E-state index contributed by atoms with van der Waals surface area (Å²) < 4.78 is 29.5. The Bertz CT molecular complexity index is 508. The number of ether oxygens (including phenoxy) is 3. The molecular formula is C18H37N5O4S. The van der Waals surface area contributed by atoms with Gasteiger partial charge in [0, 0.05) is 54.7 Å². The van der Waals surface area contributed by atoms with Crippen molar-refractivity contribution in [3.8, 4) is 0 Å². The van der Waals surface area contributed by atoms with Crippen molar-refractivity contribution in [2.45, 2.75) is 26.9 Å². The van der Waals surface area contributed by atoms with E-state index in [1.807, 2.05) is 27.1 Å². The van der Waals surface area contributed by atoms with E-state index in [0.717, 1.165) is 43.4 Å². The fourth-order valence-corrected chi connectivity index (χ4v) is 3.59. The highest BCUT2D eigenvalue weighted by molar-refractivity contribution is 7.85. The van der Waals surface area contributed by atoms with E-state index in [9.17, 15) is 4.21 Å². The Morgan fingerprint density at radius 1 is 1.04 bits per heavy atom. The molecule has 9 nitrogen and oxygen atoms in total. The highest BCUT2D eigenvalue weighted by Crippen LogP contribution is 2.05. The molecule has 1 aromatic heterocycles. The van der Waals surface area contributed by atoms with Gasteiger partial charge in [-0.1, -0.05) is 19.1 Å². The molecule has 1 N–H and O–H groups in total. The maximum Gasteiger partial charge on any atom is 0.0967 e. The summed E-state index contributed by atoms with van der Waals surface area (Å²) in [7, 11) is 1.26. The molecule has 0 radical (unpaired) electrons. The maximum absolute atomic E-state index is 11.4. The van der Waals surface area contributed by atoms with Crippen molar-refractivity contribution in [1.82, 2.24) is 25.2 Å². The first kappa shape index (κ1) is 25.1. The van der Waals surface area contributed by atoms with Crippen molar-refractivity contribution in [1.29, 1.82) is 0 Å². The van der Waals surface area contributed by atoms with E-state index in [1.54, 1.807) is 4.68 Å². The van der Waals surface area contributed by atoms with Gasteiger partial charge in [-0.25, -0.2) is 4.68 Å². The van der Waals surface area contributed by atoms with E-state index in [-0.39, 0.29) is 0 Å². The first-order valence-electron chi connectivity index (χ1n) is 10.1. The van der Waals surface area contributed by atoms with Crippen LogP contribution in [-0.2, 0) is 38.1 Å². The SMILES string of the molecule is CC.CNCCOCCOCCOCCn1cc(CN2CCS(=O)CC2)nn1. The molecule has 0 spiro atoms. The molecular weight excluding hydrogens is 382 g/mol. The van der Waals surface area contributed by atoms with Crippen LogP contribution >= 0.6 is 0 Å². The summed E-state index contributed by atoms with van der Waals surface area (Å²) in [6.07, 6.45) is 1.95. The summed E-state index contributed by atoms with van der Waals surface area (Å²) >= 11 is 0. The van der Waals surface area contributed by atoms with Crippen molar-refractivity contribution in [3.05, 3.63) is 11.9 Å². The van der Waals surface area contributed by atoms with Gasteiger partial charge in [0.15, 0.2) is 0 Å². The van der Waals surface area contributed by atoms with E-state index in [0.29, 0.717) is 46.2 Å². The van der Waals surface area contributed by atoms with Gasteiger partial charge in [-0.3, -0.25) is 9.11 Å². The largest absolute Gasteiger partial charge is 0.378 e. The van der Waals surface area contributed by atoms with Gasteiger partial charge < -0.3 is 19.5 Å². The normalized spacial score (nSPS) is 15.4. The van der Waals surface area contributed by atoms with E-state index in [2.05, 4.69) is 20.5 Å². The van der Waals surface area contributed by atoms with Crippen LogP contribution in [0.4, 0.5) is 0 Å². The van der Waals surface area contributed by atoms with Crippen LogP contribution in [0.25, 0.3) is 0 Å². The molecule has 0 saturated carbocycles. The summed E-state index contributed by atoms with van der Waals surface area (Å²) in [6.45, 7) is 11.6. The van der Waals surface area contributed by atoms with Crippen LogP contribution in [-0.4, -0.2) is 102 Å². The minimum atomic E-state index is -0.644. The highest BCUT2D eigenvalue weighted by atomic mass is 32.2. The molecule has 0 atom stereocenters. The monoisotopic (exact) mass is 419 g/mol. The van der Waals surface area contributed by atoms with Crippen molar-refractivity contribution in [2.75, 3.05) is 77.8 Å². The average Bonchev–Trinajstić information content (AvgIpc) is 3.16. The molecule has 1 saturated heterocycles. The summed E-state index contributed by atoms with van der Waals surface area (Å²) in [5.74, 6) is 1.51. The Kier molecular flexibility index (Phi) is 15.2. The second-order valence-electron chi connectivity index (χ2n) is 6.04. The lowest BCUT2D eigenvalue weighted by molar-refractivity contribution is 0.0134. The van der Waals surface area contributed by atoms with Gasteiger partial charge in [-0.15, -0.1) is 5.10 Å². The summed E-state index contributed by atoms with van der Waals surface area (Å²) in [6, 6.07) is 0. The molecule has 28 heavy (non-hydrogen) atoms. The topological polar surface area (TPSA) is 90.7 Å². The number of nitrogens with one attached hydrogen (secondary N) is 1. The van der Waals surface area contributed by atoms with Crippen molar-refractivity contribution in [2.24, 2.45) is 0 Å². The molecule has 1 aliphatic rings. The van der Waals surface area contributed by atoms with Crippen molar-refractivity contribution in [3.63, 3.8) is 0 Å². The Morgan fingerprint density at radius 2 is 1.64 bits per heavy atom. The number of rotatable bonds is 14. The first-order chi connectivity index (χ1) is 13.8. The predicted octanol–water partition coefficient (Wildman–Crippen LogP) is 0.138. The van der Waals surface area contributed by atoms with Gasteiger partial charge in [-0.2, -0.15) is 0 Å². The molecule has 1 aliphatic heterocycles. The molecule has 0 amide bonds. The van der Waals surface area contributed by atoms with Crippen LogP contribution in [0.15, 0.2) is 6.20 Å². The summed E-state index contributed by atoms with van der Waals surface area (Å²) in [5.41, 5.74) is 0.944. The lowest BCUT2D eigenvalue weighted by Gasteiger charge is -2.24. The fraction of sp³-hybridized carbons (Fsp3) is 0.889. The number of aromatic nitrogens is 3. The Labute approximate surface area is 171 Å². The molecule has 0 unspecified atom stereocenters. The van der Waals surface area contributed by atoms with Crippen LogP contribution in [0, 0.1) is 0 Å². The van der Waals surface area contributed by atoms with Gasteiger partial charge in [-0.05, 0) is 7.05 Å². The van der Waals surface area contributed by atoms with Gasteiger partial charge in [0.05, 0.1) is 51.9 Å². The molecule has 1 aromatic rings. The number of likely N-dealkylation sites (N-methyl/N-ethyl adjacent to an activating group) is 1. The van der Waals surface area contributed by atoms with E-state index in [4.69, 9.17) is 14.2 Å². The second-order valence-corrected chi connectivity index (χ2v) is 7.73. The van der Waals surface area contributed by atoms with Gasteiger partial charge in [0.1, 0.15) is 0 Å². The zero-order valence-electron chi connectivity index (χ0n) is 17.6. The molecule has 2 rings (SSSR count). The van der Waals surface area contributed by atoms with Crippen LogP contribution in [0.2, 0.25) is 0 Å². The van der Waals surface area contributed by atoms with Crippen LogP contribution in [0.1, 0.15) is 19.5 Å². The van der Waals surface area contributed by atoms with Gasteiger partial charge in [0.25, 0.3) is 0 Å². The minimum Gasteiger partial charge on any atom is -0.378 e. The average molecular weight is 420 g/mol. The molecule has 164 valence electrons. The number of nitrogens with zero attached hydrogens (tertiary/aromatic N) is 4. The van der Waals surface area contributed by atoms with E-state index >= 15 is 0 Å². The summed E-state index contributed by atoms with van der Waals surface area (Å²) in [5, 5.41) is 11.3. The third-order valence-electron chi connectivity index (χ3n) is 3.95. The highest BCUT2D eigenvalue weighted by Gasteiger charge is 2.16. The smallest absolute Gasteiger partial charge is 0.0967 e. The lowest BCUT2D eigenvalue weighted by atomic mass is 10.4. The number of hydrogen-bond donors (Lipinski definition) is 1. The maximum atomic E-state index is 11.4. The van der Waals surface area contributed by atoms with E-state index < -0.39 is 10.8 Å². The predicted molar refractivity (Wildman–Crippen MR) is 111 cm³/mol. The molecule has 2 heterocycles. The fourth-order valence-electron chi connectivity index (χ4n) is 2.46. The van der Waals surface area contributed by atoms with Crippen molar-refractivity contribution < 1.29 is 18.4 Å². The standard InChI is InChI=1S/C16H31N5O4S.C2H6/c1-17-2-6-23-8-10-25-11-9-24-7-3-21-15-16(18-19-21)14-20-4-12-26(22)13-5-20;1-2/h15,17H,2-14H2,1H3;1-2H3. The zero-order valence-corrected chi connectivity index (χ0v) is 18.4. The quantitative estimate of drug-likeness (QED) is 0.426. The number of hydrogen-bond acceptors (Lipinski definition) is 8. The van der Waals surface area contributed by atoms with Crippen molar-refractivity contribution >= 4 is 10.8 Å². The first-order valence-corrected chi connectivity index (χ1v) is 11.6. The van der Waals surface area contributed by atoms with Crippen LogP contribution < -0.4 is 5.32 Å². The van der Waals surface area contributed by atoms with E-state index in [1.165, 1.54) is 0 Å². The second kappa shape index (κ2) is 17.0. The molecule has 1 fully saturated rings. The lowest BCUT2D eigenvalue weighted by Crippen LogP contribution is -2.37. The third kappa shape index (κ3) is 11.8. The molecule has 0 bridgehead atoms. The Balaban J connectivity index is 0.00000190. The summed E-state index contributed by atoms with van der Waals surface area (Å²) in [4.78, 5) is 2.27. The Hall–Kier alpha value is -0.910. The van der Waals surface area contributed by atoms with Crippen LogP contribution in [0.3, 0.4) is 0 Å². The molecule has 0 aromatic carbocycles. The third-order valence-corrected chi connectivity index (χ3v) is 5.22. The Morgan fingerprint density at radius 3 is 2.29 bits per heavy atom. The minimum absolute atomic E-state index is 0.559. The van der Waals surface area contributed by atoms with Gasteiger partial charge >= 0.3 is 0 Å². The molecule has 0 aliphatic carbocycles. The van der Waals surface area contributed by atoms with Gasteiger partial charge in [0.2, 0.25) is 0 Å². The molecule has 10 heteroatoms. The van der Waals surface area contributed by atoms with Crippen LogP contribution in [0.5, 0.6) is 0 Å².